The summed E-state index contributed by atoms with van der Waals surface area (Å²) in [7, 11) is -6.22. The standard InChI is InChI=1S/C22H30BrN4O6PS/c1-22(2,3)19-18(28)17(21(29)27(19)12-8-6-7-11-23)20-24-15-10-9-14(26-35(5,31)32)13-16(15)34(30,25-20)33-4/h7,9-11,13,19,26,28H,6,8,12H2,1-5H3,(H,24,25,30)/b11-7-/t19-,34?/m1/s1. The predicted octanol–water partition coefficient (Wildman–Crippen LogP) is 4.10. The summed E-state index contributed by atoms with van der Waals surface area (Å²) >= 11 is 3.23. The number of amides is 1. The highest BCUT2D eigenvalue weighted by molar-refractivity contribution is 9.11. The normalized spacial score (nSPS) is 22.9. The zero-order chi connectivity index (χ0) is 26.2. The second-order valence-electron chi connectivity index (χ2n) is 9.41. The minimum Gasteiger partial charge on any atom is -0.509 e. The summed E-state index contributed by atoms with van der Waals surface area (Å²) in [5.74, 6) is -0.615. The van der Waals surface area contributed by atoms with Gasteiger partial charge in [-0.3, -0.25) is 14.1 Å². The van der Waals surface area contributed by atoms with Crippen molar-refractivity contribution in [3.8, 4) is 0 Å². The molecule has 1 unspecified atom stereocenters. The van der Waals surface area contributed by atoms with E-state index >= 15 is 0 Å². The fourth-order valence-electron chi connectivity index (χ4n) is 4.17. The molecule has 0 saturated heterocycles. The minimum atomic E-state index is -3.89. The Balaban J connectivity index is 2.04. The number of unbranched alkanes of at least 4 members (excludes halogenated alkanes) is 1. The van der Waals surface area contributed by atoms with Crippen molar-refractivity contribution in [2.75, 3.05) is 29.9 Å². The first-order valence-corrected chi connectivity index (χ1v) is 15.3. The van der Waals surface area contributed by atoms with Crippen LogP contribution in [0.5, 0.6) is 0 Å². The van der Waals surface area contributed by atoms with Crippen LogP contribution < -0.4 is 15.3 Å². The molecule has 0 fully saturated rings. The van der Waals surface area contributed by atoms with Crippen LogP contribution in [0.1, 0.15) is 33.6 Å². The topological polar surface area (TPSA) is 137 Å². The Bertz CT molecular complexity index is 1270. The molecule has 2 atom stereocenters. The lowest BCUT2D eigenvalue weighted by Crippen LogP contribution is -2.44. The van der Waals surface area contributed by atoms with Gasteiger partial charge in [-0.1, -0.05) is 42.8 Å². The average molecular weight is 589 g/mol. The predicted molar refractivity (Wildman–Crippen MR) is 142 cm³/mol. The zero-order valence-corrected chi connectivity index (χ0v) is 23.5. The number of rotatable bonds is 8. The molecule has 0 spiro atoms. The summed E-state index contributed by atoms with van der Waals surface area (Å²) in [5, 5.41) is 14.3. The number of carbonyl (C=O) groups is 1. The molecule has 3 rings (SSSR count). The van der Waals surface area contributed by atoms with E-state index in [-0.39, 0.29) is 28.2 Å². The molecule has 13 heteroatoms. The summed E-state index contributed by atoms with van der Waals surface area (Å²) in [4.78, 5) is 16.9. The van der Waals surface area contributed by atoms with Gasteiger partial charge in [0.2, 0.25) is 10.0 Å². The van der Waals surface area contributed by atoms with Gasteiger partial charge in [-0.15, -0.1) is 0 Å². The number of halogens is 1. The van der Waals surface area contributed by atoms with E-state index in [1.54, 1.807) is 9.89 Å². The molecule has 1 aromatic carbocycles. The third-order valence-corrected chi connectivity index (χ3v) is 8.47. The van der Waals surface area contributed by atoms with Crippen molar-refractivity contribution in [1.29, 1.82) is 0 Å². The molecule has 10 nitrogen and oxygen atoms in total. The van der Waals surface area contributed by atoms with Gasteiger partial charge in [-0.2, -0.15) is 4.76 Å². The van der Waals surface area contributed by atoms with E-state index in [1.807, 2.05) is 26.8 Å². The number of benzene rings is 1. The maximum absolute atomic E-state index is 13.7. The summed E-state index contributed by atoms with van der Waals surface area (Å²) in [5.41, 5.74) is -0.000833. The SMILES string of the molecule is COP1(=O)N=C(C2=C(O)[C@H](C(C)(C)C)N(CCC/C=C\Br)C2=O)Nc2ccc(NS(C)(=O)=O)cc21. The Morgan fingerprint density at radius 2 is 2.06 bits per heavy atom. The average Bonchev–Trinajstić information content (AvgIpc) is 3.00. The fraction of sp³-hybridized carbons (Fsp3) is 0.455. The van der Waals surface area contributed by atoms with Gasteiger partial charge >= 0.3 is 7.52 Å². The quantitative estimate of drug-likeness (QED) is 0.307. The van der Waals surface area contributed by atoms with Crippen LogP contribution in [0, 0.1) is 5.41 Å². The van der Waals surface area contributed by atoms with E-state index < -0.39 is 34.9 Å². The number of anilines is 2. The molecular formula is C22H30BrN4O6PS. The van der Waals surface area contributed by atoms with Crippen molar-refractivity contribution < 1.29 is 27.4 Å². The molecular weight excluding hydrogens is 559 g/mol. The second-order valence-corrected chi connectivity index (χ2v) is 13.8. The molecule has 2 aliphatic heterocycles. The van der Waals surface area contributed by atoms with Gasteiger partial charge in [-0.05, 0) is 41.4 Å². The molecule has 35 heavy (non-hydrogen) atoms. The van der Waals surface area contributed by atoms with E-state index in [4.69, 9.17) is 4.52 Å². The number of allylic oxidation sites excluding steroid dienone is 1. The molecule has 0 bridgehead atoms. The number of aliphatic hydroxyl groups excluding tert-OH is 1. The molecule has 192 valence electrons. The number of nitrogens with zero attached hydrogens (tertiary/aromatic N) is 2. The van der Waals surface area contributed by atoms with Crippen LogP contribution in [0.4, 0.5) is 11.4 Å². The van der Waals surface area contributed by atoms with Gasteiger partial charge in [0.05, 0.1) is 23.3 Å². The van der Waals surface area contributed by atoms with Crippen LogP contribution in [-0.4, -0.2) is 56.1 Å². The van der Waals surface area contributed by atoms with Crippen molar-refractivity contribution in [2.45, 2.75) is 39.7 Å². The lowest BCUT2D eigenvalue weighted by atomic mass is 9.85. The maximum Gasteiger partial charge on any atom is 0.348 e. The molecule has 0 aliphatic carbocycles. The maximum atomic E-state index is 13.7. The van der Waals surface area contributed by atoms with E-state index in [1.165, 1.54) is 25.3 Å². The highest BCUT2D eigenvalue weighted by Gasteiger charge is 2.48. The van der Waals surface area contributed by atoms with Crippen LogP contribution in [0.25, 0.3) is 0 Å². The lowest BCUT2D eigenvalue weighted by Gasteiger charge is -2.35. The third-order valence-electron chi connectivity index (χ3n) is 5.56. The Hall–Kier alpha value is -2.14. The van der Waals surface area contributed by atoms with Gasteiger partial charge in [0, 0.05) is 19.3 Å². The monoisotopic (exact) mass is 588 g/mol. The molecule has 1 aromatic rings. The first kappa shape index (κ1) is 27.4. The van der Waals surface area contributed by atoms with E-state index in [9.17, 15) is 22.9 Å². The van der Waals surface area contributed by atoms with Gasteiger partial charge in [-0.25, -0.2) is 8.42 Å². The molecule has 2 aliphatic rings. The summed E-state index contributed by atoms with van der Waals surface area (Å²) in [6.07, 6.45) is 4.38. The molecule has 0 saturated carbocycles. The summed E-state index contributed by atoms with van der Waals surface area (Å²) in [6, 6.07) is 3.79. The van der Waals surface area contributed by atoms with Crippen LogP contribution in [-0.2, 0) is 23.9 Å². The molecule has 0 aromatic heterocycles. The third kappa shape index (κ3) is 5.82. The van der Waals surface area contributed by atoms with Gasteiger partial charge in [0.15, 0.2) is 5.84 Å². The van der Waals surface area contributed by atoms with Crippen molar-refractivity contribution in [3.63, 3.8) is 0 Å². The second kappa shape index (κ2) is 10.1. The minimum absolute atomic E-state index is 0.0499. The molecule has 2 heterocycles. The lowest BCUT2D eigenvalue weighted by molar-refractivity contribution is -0.128. The van der Waals surface area contributed by atoms with Crippen molar-refractivity contribution in [1.82, 2.24) is 4.90 Å². The Morgan fingerprint density at radius 1 is 1.37 bits per heavy atom. The smallest absolute Gasteiger partial charge is 0.348 e. The Labute approximate surface area is 214 Å². The van der Waals surface area contributed by atoms with Crippen LogP contribution >= 0.6 is 23.4 Å². The molecule has 0 radical (unpaired) electrons. The van der Waals surface area contributed by atoms with Crippen molar-refractivity contribution in [2.24, 2.45) is 10.2 Å². The Morgan fingerprint density at radius 3 is 2.63 bits per heavy atom. The van der Waals surface area contributed by atoms with Crippen molar-refractivity contribution in [3.05, 3.63) is 40.6 Å². The number of amidine groups is 1. The number of aliphatic hydroxyl groups is 1. The number of hydrogen-bond acceptors (Lipinski definition) is 7. The largest absolute Gasteiger partial charge is 0.509 e. The van der Waals surface area contributed by atoms with E-state index in [0.717, 1.165) is 12.7 Å². The highest BCUT2D eigenvalue weighted by Crippen LogP contribution is 2.52. The number of carbonyl (C=O) groups excluding carboxylic acids is 1. The zero-order valence-electron chi connectivity index (χ0n) is 20.2. The van der Waals surface area contributed by atoms with E-state index in [0.29, 0.717) is 18.7 Å². The van der Waals surface area contributed by atoms with Crippen LogP contribution in [0.2, 0.25) is 0 Å². The summed E-state index contributed by atoms with van der Waals surface area (Å²) < 4.78 is 48.7. The van der Waals surface area contributed by atoms with Gasteiger partial charge < -0.3 is 19.8 Å². The van der Waals surface area contributed by atoms with Gasteiger partial charge in [0.25, 0.3) is 5.91 Å². The Kier molecular flexibility index (Phi) is 7.91. The first-order valence-electron chi connectivity index (χ1n) is 10.9. The number of nitrogens with one attached hydrogen (secondary N) is 2. The first-order chi connectivity index (χ1) is 16.2. The highest BCUT2D eigenvalue weighted by atomic mass is 79.9. The van der Waals surface area contributed by atoms with Crippen LogP contribution in [0.3, 0.4) is 0 Å². The molecule has 3 N–H and O–H groups in total. The number of hydrogen-bond donors (Lipinski definition) is 3. The van der Waals surface area contributed by atoms with Crippen LogP contribution in [0.15, 0.2) is 45.4 Å². The molecule has 1 amide bonds. The van der Waals surface area contributed by atoms with Crippen molar-refractivity contribution >= 4 is 61.9 Å². The number of fused-ring (bicyclic) bond motifs is 1. The summed E-state index contributed by atoms with van der Waals surface area (Å²) in [6.45, 7) is 6.20. The number of sulfonamides is 1. The fourth-order valence-corrected chi connectivity index (χ4v) is 6.52. The van der Waals surface area contributed by atoms with Gasteiger partial charge in [0.1, 0.15) is 11.3 Å². The van der Waals surface area contributed by atoms with E-state index in [2.05, 4.69) is 30.7 Å².